The molecule has 0 aliphatic heterocycles. The van der Waals surface area contributed by atoms with Crippen LogP contribution in [0, 0.1) is 5.92 Å². The maximum atomic E-state index is 12.5. The van der Waals surface area contributed by atoms with Crippen molar-refractivity contribution < 1.29 is 14.4 Å². The van der Waals surface area contributed by atoms with Gasteiger partial charge in [0.15, 0.2) is 0 Å². The summed E-state index contributed by atoms with van der Waals surface area (Å²) >= 11 is 0. The van der Waals surface area contributed by atoms with Crippen LogP contribution in [0.3, 0.4) is 0 Å². The van der Waals surface area contributed by atoms with Gasteiger partial charge in [-0.25, -0.2) is 0 Å². The minimum Gasteiger partial charge on any atom is -0.369 e. The third kappa shape index (κ3) is 4.34. The summed E-state index contributed by atoms with van der Waals surface area (Å²) in [5, 5.41) is 0. The van der Waals surface area contributed by atoms with E-state index in [9.17, 15) is 14.4 Å². The van der Waals surface area contributed by atoms with Gasteiger partial charge in [-0.05, 0) is 58.9 Å². The topological polar surface area (TPSA) is 83.7 Å². The fourth-order valence-electron chi connectivity index (χ4n) is 2.51. The standard InChI is InChI=1S/C18H27N3O3/c1-6-20(12(3)4)18(24)14-8-10-15(11-9-14)21(7-2)17(23)13(5)16(19)22/h8-13H,6-7H2,1-5H3,(H2,19,22). The van der Waals surface area contributed by atoms with E-state index in [2.05, 4.69) is 0 Å². The highest BCUT2D eigenvalue weighted by molar-refractivity contribution is 6.07. The second-order valence-corrected chi connectivity index (χ2v) is 5.94. The minimum absolute atomic E-state index is 0.0427. The quantitative estimate of drug-likeness (QED) is 0.775. The second kappa shape index (κ2) is 8.47. The van der Waals surface area contributed by atoms with Crippen LogP contribution >= 0.6 is 0 Å². The molecule has 0 aliphatic carbocycles. The van der Waals surface area contributed by atoms with E-state index in [1.807, 2.05) is 27.7 Å². The van der Waals surface area contributed by atoms with E-state index in [1.54, 1.807) is 29.2 Å². The zero-order valence-electron chi connectivity index (χ0n) is 15.1. The summed E-state index contributed by atoms with van der Waals surface area (Å²) in [6, 6.07) is 6.96. The number of carbonyl (C=O) groups is 3. The molecular weight excluding hydrogens is 306 g/mol. The largest absolute Gasteiger partial charge is 0.369 e. The number of carbonyl (C=O) groups excluding carboxylic acids is 3. The van der Waals surface area contributed by atoms with E-state index >= 15 is 0 Å². The molecule has 0 fully saturated rings. The van der Waals surface area contributed by atoms with Crippen LogP contribution in [-0.2, 0) is 9.59 Å². The summed E-state index contributed by atoms with van der Waals surface area (Å²) in [6.45, 7) is 10.2. The zero-order valence-corrected chi connectivity index (χ0v) is 15.1. The normalized spacial score (nSPS) is 11.9. The van der Waals surface area contributed by atoms with Crippen LogP contribution in [0.1, 0.15) is 45.0 Å². The van der Waals surface area contributed by atoms with Crippen molar-refractivity contribution in [3.8, 4) is 0 Å². The van der Waals surface area contributed by atoms with Crippen molar-refractivity contribution in [2.24, 2.45) is 11.7 Å². The number of amides is 3. The van der Waals surface area contributed by atoms with Crippen LogP contribution in [-0.4, -0.2) is 41.8 Å². The maximum absolute atomic E-state index is 12.5. The first-order valence-electron chi connectivity index (χ1n) is 8.26. The summed E-state index contributed by atoms with van der Waals surface area (Å²) < 4.78 is 0. The van der Waals surface area contributed by atoms with Gasteiger partial charge in [0, 0.05) is 30.4 Å². The molecule has 0 heterocycles. The van der Waals surface area contributed by atoms with Gasteiger partial charge in [-0.15, -0.1) is 0 Å². The van der Waals surface area contributed by atoms with Gasteiger partial charge < -0.3 is 15.5 Å². The predicted molar refractivity (Wildman–Crippen MR) is 94.7 cm³/mol. The van der Waals surface area contributed by atoms with Crippen LogP contribution in [0.4, 0.5) is 5.69 Å². The van der Waals surface area contributed by atoms with Crippen LogP contribution < -0.4 is 10.6 Å². The predicted octanol–water partition coefficient (Wildman–Crippen LogP) is 2.03. The first-order valence-corrected chi connectivity index (χ1v) is 8.26. The Morgan fingerprint density at radius 2 is 1.54 bits per heavy atom. The highest BCUT2D eigenvalue weighted by Crippen LogP contribution is 2.19. The van der Waals surface area contributed by atoms with Crippen molar-refractivity contribution in [1.29, 1.82) is 0 Å². The van der Waals surface area contributed by atoms with E-state index in [4.69, 9.17) is 5.73 Å². The van der Waals surface area contributed by atoms with Gasteiger partial charge in [-0.2, -0.15) is 0 Å². The van der Waals surface area contributed by atoms with Gasteiger partial charge in [0.05, 0.1) is 0 Å². The number of nitrogens with zero attached hydrogens (tertiary/aromatic N) is 2. The van der Waals surface area contributed by atoms with Crippen LogP contribution in [0.15, 0.2) is 24.3 Å². The number of anilines is 1. The van der Waals surface area contributed by atoms with Crippen LogP contribution in [0.5, 0.6) is 0 Å². The average Bonchev–Trinajstić information content (AvgIpc) is 2.55. The molecule has 0 radical (unpaired) electrons. The molecule has 0 saturated heterocycles. The third-order valence-corrected chi connectivity index (χ3v) is 4.03. The molecule has 0 aliphatic rings. The third-order valence-electron chi connectivity index (χ3n) is 4.03. The monoisotopic (exact) mass is 333 g/mol. The summed E-state index contributed by atoms with van der Waals surface area (Å²) in [7, 11) is 0. The Hall–Kier alpha value is -2.37. The number of rotatable bonds is 7. The highest BCUT2D eigenvalue weighted by Gasteiger charge is 2.25. The van der Waals surface area contributed by atoms with Crippen molar-refractivity contribution >= 4 is 23.4 Å². The molecule has 2 N–H and O–H groups in total. The Kier molecular flexibility index (Phi) is 6.95. The Labute approximate surface area is 143 Å². The molecule has 0 spiro atoms. The average molecular weight is 333 g/mol. The van der Waals surface area contributed by atoms with Gasteiger partial charge in [0.1, 0.15) is 5.92 Å². The zero-order chi connectivity index (χ0) is 18.4. The summed E-state index contributed by atoms with van der Waals surface area (Å²) in [6.07, 6.45) is 0. The molecule has 1 aromatic rings. The molecule has 3 amide bonds. The van der Waals surface area contributed by atoms with Crippen molar-refractivity contribution in [3.63, 3.8) is 0 Å². The maximum Gasteiger partial charge on any atom is 0.254 e. The van der Waals surface area contributed by atoms with Gasteiger partial charge in [0.25, 0.3) is 5.91 Å². The van der Waals surface area contributed by atoms with Crippen molar-refractivity contribution in [3.05, 3.63) is 29.8 Å². The van der Waals surface area contributed by atoms with Gasteiger partial charge in [-0.3, -0.25) is 14.4 Å². The van der Waals surface area contributed by atoms with E-state index in [0.717, 1.165) is 0 Å². The lowest BCUT2D eigenvalue weighted by Gasteiger charge is -2.26. The fourth-order valence-corrected chi connectivity index (χ4v) is 2.51. The van der Waals surface area contributed by atoms with Crippen LogP contribution in [0.25, 0.3) is 0 Å². The molecule has 6 heteroatoms. The fraction of sp³-hybridized carbons (Fsp3) is 0.500. The second-order valence-electron chi connectivity index (χ2n) is 5.94. The number of primary amides is 1. The highest BCUT2D eigenvalue weighted by atomic mass is 16.2. The summed E-state index contributed by atoms with van der Waals surface area (Å²) in [5.41, 5.74) is 6.42. The van der Waals surface area contributed by atoms with Crippen molar-refractivity contribution in [1.82, 2.24) is 4.90 Å². The molecule has 132 valence electrons. The van der Waals surface area contributed by atoms with E-state index < -0.39 is 11.8 Å². The van der Waals surface area contributed by atoms with Gasteiger partial charge >= 0.3 is 0 Å². The van der Waals surface area contributed by atoms with E-state index in [1.165, 1.54) is 11.8 Å². The minimum atomic E-state index is -0.886. The van der Waals surface area contributed by atoms with Crippen LogP contribution in [0.2, 0.25) is 0 Å². The van der Waals surface area contributed by atoms with Crippen molar-refractivity contribution in [2.75, 3.05) is 18.0 Å². The Balaban J connectivity index is 3.02. The Morgan fingerprint density at radius 1 is 1.00 bits per heavy atom. The number of hydrogen-bond donors (Lipinski definition) is 1. The molecule has 1 aromatic carbocycles. The molecule has 1 rings (SSSR count). The van der Waals surface area contributed by atoms with Gasteiger partial charge in [-0.1, -0.05) is 0 Å². The molecule has 0 saturated carbocycles. The first kappa shape index (κ1) is 19.7. The molecule has 0 bridgehead atoms. The summed E-state index contributed by atoms with van der Waals surface area (Å²) in [4.78, 5) is 39.3. The Morgan fingerprint density at radius 3 is 1.92 bits per heavy atom. The van der Waals surface area contributed by atoms with E-state index in [-0.39, 0.29) is 17.9 Å². The molecule has 1 unspecified atom stereocenters. The van der Waals surface area contributed by atoms with E-state index in [0.29, 0.717) is 24.3 Å². The summed E-state index contributed by atoms with van der Waals surface area (Å²) in [5.74, 6) is -1.93. The number of nitrogens with two attached hydrogens (primary N) is 1. The SMILES string of the molecule is CCN(C(=O)C(C)C(N)=O)c1ccc(C(=O)N(CC)C(C)C)cc1. The lowest BCUT2D eigenvalue weighted by Crippen LogP contribution is -2.40. The Bertz CT molecular complexity index is 596. The lowest BCUT2D eigenvalue weighted by molar-refractivity contribution is -0.131. The first-order chi connectivity index (χ1) is 11.2. The molecule has 1 atom stereocenters. The molecule has 0 aromatic heterocycles. The number of benzene rings is 1. The number of hydrogen-bond acceptors (Lipinski definition) is 3. The molecule has 6 nitrogen and oxygen atoms in total. The molecular formula is C18H27N3O3. The van der Waals surface area contributed by atoms with Crippen molar-refractivity contribution in [2.45, 2.75) is 40.7 Å². The smallest absolute Gasteiger partial charge is 0.254 e. The van der Waals surface area contributed by atoms with Gasteiger partial charge in [0.2, 0.25) is 11.8 Å². The lowest BCUT2D eigenvalue weighted by atomic mass is 10.1. The molecule has 24 heavy (non-hydrogen) atoms.